The highest BCUT2D eigenvalue weighted by molar-refractivity contribution is 7.15. The number of nitriles is 1. The molecule has 0 saturated carbocycles. The Bertz CT molecular complexity index is 357. The lowest BCUT2D eigenvalue weighted by Gasteiger charge is -2.22. The van der Waals surface area contributed by atoms with E-state index in [0.717, 1.165) is 23.9 Å². The third-order valence-electron chi connectivity index (χ3n) is 2.37. The maximum Gasteiger partial charge on any atom is 0.185 e. The van der Waals surface area contributed by atoms with E-state index < -0.39 is 0 Å². The highest BCUT2D eigenvalue weighted by atomic mass is 32.1. The smallest absolute Gasteiger partial charge is 0.185 e. The second kappa shape index (κ2) is 5.86. The van der Waals surface area contributed by atoms with E-state index in [1.807, 2.05) is 6.92 Å². The highest BCUT2D eigenvalue weighted by Gasteiger charge is 2.13. The van der Waals surface area contributed by atoms with Gasteiger partial charge in [-0.25, -0.2) is 4.98 Å². The zero-order valence-corrected chi connectivity index (χ0v) is 11.3. The molecular weight excluding hydrogens is 218 g/mol. The van der Waals surface area contributed by atoms with Crippen molar-refractivity contribution in [2.24, 2.45) is 5.92 Å². The van der Waals surface area contributed by atoms with Crippen LogP contribution in [-0.4, -0.2) is 18.1 Å². The predicted molar refractivity (Wildman–Crippen MR) is 68.9 cm³/mol. The van der Waals surface area contributed by atoms with Crippen molar-refractivity contribution >= 4 is 16.5 Å². The molecule has 0 bridgehead atoms. The molecule has 1 heterocycles. The van der Waals surface area contributed by atoms with Gasteiger partial charge < -0.3 is 4.90 Å². The monoisotopic (exact) mass is 237 g/mol. The summed E-state index contributed by atoms with van der Waals surface area (Å²) in [5, 5.41) is 9.72. The van der Waals surface area contributed by atoms with Gasteiger partial charge in [-0.3, -0.25) is 0 Å². The standard InChI is InChI=1S/C12H19N3S/c1-9(2)8-15(7-5-6-13)12-14-10(3)11(4)16-12/h9H,5,7-8H2,1-4H3. The van der Waals surface area contributed by atoms with Crippen LogP contribution in [0.15, 0.2) is 0 Å². The summed E-state index contributed by atoms with van der Waals surface area (Å²) >= 11 is 1.72. The van der Waals surface area contributed by atoms with E-state index in [1.54, 1.807) is 11.3 Å². The molecule has 88 valence electrons. The molecule has 1 rings (SSSR count). The summed E-state index contributed by atoms with van der Waals surface area (Å²) in [6.07, 6.45) is 0.560. The number of thiazole rings is 1. The minimum atomic E-state index is 0.560. The van der Waals surface area contributed by atoms with Crippen LogP contribution in [0.2, 0.25) is 0 Å². The number of rotatable bonds is 5. The third-order valence-corrected chi connectivity index (χ3v) is 3.50. The molecule has 0 fully saturated rings. The maximum absolute atomic E-state index is 8.66. The first kappa shape index (κ1) is 13.0. The molecule has 1 aromatic heterocycles. The SMILES string of the molecule is Cc1nc(N(CCC#N)CC(C)C)sc1C. The topological polar surface area (TPSA) is 39.9 Å². The summed E-state index contributed by atoms with van der Waals surface area (Å²) in [5.74, 6) is 0.586. The molecule has 0 unspecified atom stereocenters. The Morgan fingerprint density at radius 1 is 1.44 bits per heavy atom. The van der Waals surface area contributed by atoms with Gasteiger partial charge in [0.25, 0.3) is 0 Å². The minimum absolute atomic E-state index is 0.560. The molecule has 0 radical (unpaired) electrons. The summed E-state index contributed by atoms with van der Waals surface area (Å²) < 4.78 is 0. The molecule has 0 aromatic carbocycles. The molecule has 1 aromatic rings. The Morgan fingerprint density at radius 2 is 2.12 bits per heavy atom. The van der Waals surface area contributed by atoms with Crippen molar-refractivity contribution in [2.45, 2.75) is 34.1 Å². The van der Waals surface area contributed by atoms with E-state index >= 15 is 0 Å². The van der Waals surface area contributed by atoms with Gasteiger partial charge in [-0.1, -0.05) is 13.8 Å². The Balaban J connectivity index is 2.79. The fourth-order valence-electron chi connectivity index (χ4n) is 1.48. The number of anilines is 1. The predicted octanol–water partition coefficient (Wildman–Crippen LogP) is 3.14. The normalized spacial score (nSPS) is 10.5. The first-order chi connectivity index (χ1) is 7.54. The molecule has 4 heteroatoms. The number of aryl methyl sites for hydroxylation is 2. The number of hydrogen-bond acceptors (Lipinski definition) is 4. The summed E-state index contributed by atoms with van der Waals surface area (Å²) in [6, 6.07) is 2.20. The van der Waals surface area contributed by atoms with Gasteiger partial charge in [0.1, 0.15) is 0 Å². The second-order valence-electron chi connectivity index (χ2n) is 4.39. The summed E-state index contributed by atoms with van der Waals surface area (Å²) in [6.45, 7) is 10.2. The Labute approximate surface area is 102 Å². The lowest BCUT2D eigenvalue weighted by Crippen LogP contribution is -2.28. The van der Waals surface area contributed by atoms with Crippen LogP contribution >= 0.6 is 11.3 Å². The van der Waals surface area contributed by atoms with Crippen molar-refractivity contribution in [2.75, 3.05) is 18.0 Å². The Hall–Kier alpha value is -1.08. The number of aromatic nitrogens is 1. The fourth-order valence-corrected chi connectivity index (χ4v) is 2.43. The third kappa shape index (κ3) is 3.49. The van der Waals surface area contributed by atoms with E-state index in [0.29, 0.717) is 12.3 Å². The molecule has 0 saturated heterocycles. The Morgan fingerprint density at radius 3 is 2.56 bits per heavy atom. The molecular formula is C12H19N3S. The van der Waals surface area contributed by atoms with Crippen molar-refractivity contribution in [3.63, 3.8) is 0 Å². The average molecular weight is 237 g/mol. The quantitative estimate of drug-likeness (QED) is 0.790. The number of nitrogens with zero attached hydrogens (tertiary/aromatic N) is 3. The molecule has 0 spiro atoms. The van der Waals surface area contributed by atoms with Gasteiger partial charge in [-0.05, 0) is 19.8 Å². The molecule has 0 atom stereocenters. The van der Waals surface area contributed by atoms with Crippen LogP contribution in [0.25, 0.3) is 0 Å². The van der Waals surface area contributed by atoms with Crippen molar-refractivity contribution in [1.29, 1.82) is 5.26 Å². The van der Waals surface area contributed by atoms with Gasteiger partial charge in [0.15, 0.2) is 5.13 Å². The average Bonchev–Trinajstić information content (AvgIpc) is 2.53. The molecule has 0 aliphatic heterocycles. The molecule has 16 heavy (non-hydrogen) atoms. The van der Waals surface area contributed by atoms with Crippen molar-refractivity contribution in [1.82, 2.24) is 4.98 Å². The minimum Gasteiger partial charge on any atom is -0.347 e. The molecule has 3 nitrogen and oxygen atoms in total. The van der Waals surface area contributed by atoms with Crippen LogP contribution in [-0.2, 0) is 0 Å². The van der Waals surface area contributed by atoms with E-state index in [-0.39, 0.29) is 0 Å². The van der Waals surface area contributed by atoms with Gasteiger partial charge in [-0.2, -0.15) is 5.26 Å². The van der Waals surface area contributed by atoms with E-state index in [9.17, 15) is 0 Å². The molecule has 0 N–H and O–H groups in total. The van der Waals surface area contributed by atoms with Gasteiger partial charge in [-0.15, -0.1) is 11.3 Å². The van der Waals surface area contributed by atoms with Crippen LogP contribution in [0.1, 0.15) is 30.8 Å². The first-order valence-electron chi connectivity index (χ1n) is 5.60. The highest BCUT2D eigenvalue weighted by Crippen LogP contribution is 2.25. The lowest BCUT2D eigenvalue weighted by molar-refractivity contribution is 0.611. The largest absolute Gasteiger partial charge is 0.347 e. The molecule has 0 aliphatic carbocycles. The van der Waals surface area contributed by atoms with E-state index in [4.69, 9.17) is 5.26 Å². The zero-order chi connectivity index (χ0) is 12.1. The van der Waals surface area contributed by atoms with Crippen LogP contribution in [0, 0.1) is 31.1 Å². The fraction of sp³-hybridized carbons (Fsp3) is 0.667. The summed E-state index contributed by atoms with van der Waals surface area (Å²) in [4.78, 5) is 8.04. The van der Waals surface area contributed by atoms with Crippen LogP contribution in [0.5, 0.6) is 0 Å². The number of hydrogen-bond donors (Lipinski definition) is 0. The van der Waals surface area contributed by atoms with Crippen molar-refractivity contribution < 1.29 is 0 Å². The van der Waals surface area contributed by atoms with Gasteiger partial charge in [0.2, 0.25) is 0 Å². The van der Waals surface area contributed by atoms with Gasteiger partial charge >= 0.3 is 0 Å². The van der Waals surface area contributed by atoms with Crippen molar-refractivity contribution in [3.8, 4) is 6.07 Å². The Kier molecular flexibility index (Phi) is 4.75. The summed E-state index contributed by atoms with van der Waals surface area (Å²) in [5.41, 5.74) is 1.10. The molecule has 0 aliphatic rings. The van der Waals surface area contributed by atoms with E-state index in [1.165, 1.54) is 4.88 Å². The zero-order valence-electron chi connectivity index (χ0n) is 10.4. The summed E-state index contributed by atoms with van der Waals surface area (Å²) in [7, 11) is 0. The van der Waals surface area contributed by atoms with Gasteiger partial charge in [0.05, 0.1) is 18.2 Å². The van der Waals surface area contributed by atoms with Crippen LogP contribution in [0.4, 0.5) is 5.13 Å². The van der Waals surface area contributed by atoms with Crippen molar-refractivity contribution in [3.05, 3.63) is 10.6 Å². The lowest BCUT2D eigenvalue weighted by atomic mass is 10.2. The maximum atomic E-state index is 8.66. The molecule has 0 amide bonds. The van der Waals surface area contributed by atoms with Gasteiger partial charge in [0, 0.05) is 18.0 Å². The van der Waals surface area contributed by atoms with E-state index in [2.05, 4.69) is 36.7 Å². The second-order valence-corrected chi connectivity index (χ2v) is 5.57. The van der Waals surface area contributed by atoms with Crippen LogP contribution < -0.4 is 4.90 Å². The van der Waals surface area contributed by atoms with Crippen LogP contribution in [0.3, 0.4) is 0 Å². The first-order valence-corrected chi connectivity index (χ1v) is 6.42.